The molecule has 5 nitrogen and oxygen atoms in total. The molecule has 1 aromatic carbocycles. The standard InChI is InChI=1S/C17H15F3N2O3S/c1-9-4-6-10(7-5-9)13-12(14(23)17(18,19)20)16(25,22-15(24)21-13)11-3-2-8-26-11/h2-8,12-13,25H,1H3,(H2,21,22,24). The van der Waals surface area contributed by atoms with Crippen LogP contribution in [-0.2, 0) is 10.5 Å². The van der Waals surface area contributed by atoms with Crippen LogP contribution in [0.3, 0.4) is 0 Å². The maximum Gasteiger partial charge on any atom is 0.450 e. The predicted molar refractivity (Wildman–Crippen MR) is 88.4 cm³/mol. The predicted octanol–water partition coefficient (Wildman–Crippen LogP) is 3.00. The lowest BCUT2D eigenvalue weighted by Gasteiger charge is -2.44. The van der Waals surface area contributed by atoms with Gasteiger partial charge in [0, 0.05) is 0 Å². The van der Waals surface area contributed by atoms with E-state index in [4.69, 9.17) is 0 Å². The third kappa shape index (κ3) is 3.19. The Morgan fingerprint density at radius 3 is 2.42 bits per heavy atom. The fourth-order valence-corrected chi connectivity index (χ4v) is 3.85. The van der Waals surface area contributed by atoms with Crippen LogP contribution in [0.25, 0.3) is 0 Å². The van der Waals surface area contributed by atoms with Gasteiger partial charge < -0.3 is 15.7 Å². The van der Waals surface area contributed by atoms with Crippen LogP contribution in [0, 0.1) is 12.8 Å². The summed E-state index contributed by atoms with van der Waals surface area (Å²) in [6, 6.07) is 7.05. The van der Waals surface area contributed by atoms with Gasteiger partial charge in [-0.05, 0) is 23.9 Å². The minimum Gasteiger partial charge on any atom is -0.365 e. The first-order chi connectivity index (χ1) is 12.1. The van der Waals surface area contributed by atoms with Crippen LogP contribution in [-0.4, -0.2) is 23.1 Å². The van der Waals surface area contributed by atoms with E-state index in [1.165, 1.54) is 29.6 Å². The smallest absolute Gasteiger partial charge is 0.365 e. The molecule has 0 radical (unpaired) electrons. The maximum atomic E-state index is 13.3. The summed E-state index contributed by atoms with van der Waals surface area (Å²) in [7, 11) is 0. The SMILES string of the molecule is Cc1ccc(C2NC(=O)NC(O)(c3cccs3)C2C(=O)C(F)(F)F)cc1. The average molecular weight is 384 g/mol. The van der Waals surface area contributed by atoms with Gasteiger partial charge in [0.1, 0.15) is 5.92 Å². The van der Waals surface area contributed by atoms with Crippen molar-refractivity contribution in [3.8, 4) is 0 Å². The van der Waals surface area contributed by atoms with Gasteiger partial charge in [0.2, 0.25) is 5.78 Å². The van der Waals surface area contributed by atoms with Crippen molar-refractivity contribution < 1.29 is 27.9 Å². The van der Waals surface area contributed by atoms with Crippen molar-refractivity contribution in [1.82, 2.24) is 10.6 Å². The third-order valence-electron chi connectivity index (χ3n) is 4.27. The Balaban J connectivity index is 2.16. The Morgan fingerprint density at radius 2 is 1.88 bits per heavy atom. The highest BCUT2D eigenvalue weighted by Gasteiger charge is 2.59. The number of alkyl halides is 3. The van der Waals surface area contributed by atoms with Crippen molar-refractivity contribution >= 4 is 23.2 Å². The zero-order valence-corrected chi connectivity index (χ0v) is 14.3. The molecule has 3 N–H and O–H groups in total. The first-order valence-corrected chi connectivity index (χ1v) is 8.53. The number of carbonyl (C=O) groups excluding carboxylic acids is 2. The molecule has 1 saturated heterocycles. The molecular formula is C17H15F3N2O3S. The molecule has 0 aliphatic carbocycles. The molecular weight excluding hydrogens is 369 g/mol. The number of aliphatic hydroxyl groups is 1. The number of hydrogen-bond acceptors (Lipinski definition) is 4. The van der Waals surface area contributed by atoms with Crippen LogP contribution >= 0.6 is 11.3 Å². The van der Waals surface area contributed by atoms with E-state index in [2.05, 4.69) is 10.6 Å². The van der Waals surface area contributed by atoms with E-state index in [1.807, 2.05) is 0 Å². The fourth-order valence-electron chi connectivity index (χ4n) is 3.03. The largest absolute Gasteiger partial charge is 0.450 e. The topological polar surface area (TPSA) is 78.4 Å². The van der Waals surface area contributed by atoms with E-state index in [1.54, 1.807) is 19.1 Å². The van der Waals surface area contributed by atoms with Crippen molar-refractivity contribution in [2.75, 3.05) is 0 Å². The van der Waals surface area contributed by atoms with Gasteiger partial charge in [-0.15, -0.1) is 11.3 Å². The Kier molecular flexibility index (Phi) is 4.53. The van der Waals surface area contributed by atoms with Gasteiger partial charge in [-0.2, -0.15) is 13.2 Å². The van der Waals surface area contributed by atoms with Gasteiger partial charge in [-0.3, -0.25) is 4.79 Å². The molecule has 1 aliphatic heterocycles. The van der Waals surface area contributed by atoms with E-state index in [0.29, 0.717) is 5.56 Å². The second kappa shape index (κ2) is 6.40. The molecule has 3 atom stereocenters. The summed E-state index contributed by atoms with van der Waals surface area (Å²) >= 11 is 0.950. The monoisotopic (exact) mass is 384 g/mol. The number of urea groups is 1. The number of ketones is 1. The molecule has 3 rings (SSSR count). The van der Waals surface area contributed by atoms with E-state index >= 15 is 0 Å². The van der Waals surface area contributed by atoms with Gasteiger partial charge in [0.05, 0.1) is 10.9 Å². The van der Waals surface area contributed by atoms with E-state index < -0.39 is 35.7 Å². The van der Waals surface area contributed by atoms with Crippen molar-refractivity contribution in [2.24, 2.45) is 5.92 Å². The molecule has 2 aromatic rings. The third-order valence-corrected chi connectivity index (χ3v) is 5.26. The number of Topliss-reactive ketones (excluding diaryl/α,β-unsaturated/α-hetero) is 1. The average Bonchev–Trinajstić information content (AvgIpc) is 3.08. The molecule has 2 heterocycles. The summed E-state index contributed by atoms with van der Waals surface area (Å²) in [6.45, 7) is 1.80. The van der Waals surface area contributed by atoms with Crippen molar-refractivity contribution in [1.29, 1.82) is 0 Å². The summed E-state index contributed by atoms with van der Waals surface area (Å²) < 4.78 is 39.8. The number of carbonyl (C=O) groups is 2. The number of rotatable bonds is 3. The van der Waals surface area contributed by atoms with Crippen LogP contribution < -0.4 is 10.6 Å². The first-order valence-electron chi connectivity index (χ1n) is 7.65. The number of hydrogen-bond donors (Lipinski definition) is 3. The van der Waals surface area contributed by atoms with Gasteiger partial charge in [-0.1, -0.05) is 35.9 Å². The number of halogens is 3. The number of thiophene rings is 1. The van der Waals surface area contributed by atoms with Gasteiger partial charge in [0.15, 0.2) is 5.72 Å². The Hall–Kier alpha value is -2.39. The Morgan fingerprint density at radius 1 is 1.23 bits per heavy atom. The molecule has 2 amide bonds. The zero-order valence-electron chi connectivity index (χ0n) is 13.5. The summed E-state index contributed by atoms with van der Waals surface area (Å²) in [4.78, 5) is 24.3. The molecule has 138 valence electrons. The Labute approximate surface area is 150 Å². The lowest BCUT2D eigenvalue weighted by Crippen LogP contribution is -2.66. The molecule has 1 aromatic heterocycles. The molecule has 3 unspecified atom stereocenters. The van der Waals surface area contributed by atoms with Crippen LogP contribution in [0.5, 0.6) is 0 Å². The molecule has 9 heteroatoms. The summed E-state index contributed by atoms with van der Waals surface area (Å²) in [5, 5.41) is 17.0. The highest BCUT2D eigenvalue weighted by Crippen LogP contribution is 2.44. The quantitative estimate of drug-likeness (QED) is 0.761. The molecule has 1 aliphatic rings. The molecule has 26 heavy (non-hydrogen) atoms. The van der Waals surface area contributed by atoms with Gasteiger partial charge in [-0.25, -0.2) is 4.79 Å². The van der Waals surface area contributed by atoms with Crippen molar-refractivity contribution in [3.05, 3.63) is 57.8 Å². The van der Waals surface area contributed by atoms with E-state index in [9.17, 15) is 27.9 Å². The van der Waals surface area contributed by atoms with Crippen molar-refractivity contribution in [2.45, 2.75) is 24.9 Å². The number of aryl methyl sites for hydroxylation is 1. The molecule has 0 saturated carbocycles. The van der Waals surface area contributed by atoms with Crippen LogP contribution in [0.1, 0.15) is 22.0 Å². The van der Waals surface area contributed by atoms with Crippen LogP contribution in [0.15, 0.2) is 41.8 Å². The number of benzene rings is 1. The molecule has 0 bridgehead atoms. The summed E-state index contributed by atoms with van der Waals surface area (Å²) in [5.41, 5.74) is -1.32. The molecule has 1 fully saturated rings. The fraction of sp³-hybridized carbons (Fsp3) is 0.294. The summed E-state index contributed by atoms with van der Waals surface area (Å²) in [6.07, 6.45) is -5.18. The van der Waals surface area contributed by atoms with Crippen LogP contribution in [0.2, 0.25) is 0 Å². The first kappa shape index (κ1) is 18.4. The van der Waals surface area contributed by atoms with Gasteiger partial charge in [0.25, 0.3) is 0 Å². The number of nitrogens with one attached hydrogen (secondary N) is 2. The minimum atomic E-state index is -5.18. The number of amides is 2. The lowest BCUT2D eigenvalue weighted by molar-refractivity contribution is -0.190. The minimum absolute atomic E-state index is 0.0482. The van der Waals surface area contributed by atoms with Crippen LogP contribution in [0.4, 0.5) is 18.0 Å². The molecule has 0 spiro atoms. The van der Waals surface area contributed by atoms with E-state index in [-0.39, 0.29) is 4.88 Å². The second-order valence-electron chi connectivity index (χ2n) is 6.07. The lowest BCUT2D eigenvalue weighted by atomic mass is 9.78. The highest BCUT2D eigenvalue weighted by molar-refractivity contribution is 7.10. The maximum absolute atomic E-state index is 13.3. The highest BCUT2D eigenvalue weighted by atomic mass is 32.1. The summed E-state index contributed by atoms with van der Waals surface area (Å²) in [5.74, 6) is -4.10. The van der Waals surface area contributed by atoms with Gasteiger partial charge >= 0.3 is 12.2 Å². The van der Waals surface area contributed by atoms with Crippen molar-refractivity contribution in [3.63, 3.8) is 0 Å². The second-order valence-corrected chi connectivity index (χ2v) is 7.02. The van der Waals surface area contributed by atoms with E-state index in [0.717, 1.165) is 16.9 Å². The normalized spacial score (nSPS) is 26.1. The Bertz CT molecular complexity index is 821. The zero-order chi connectivity index (χ0) is 19.1.